The number of aromatic nitrogens is 4. The van der Waals surface area contributed by atoms with Crippen molar-refractivity contribution < 1.29 is 18.5 Å². The SMILES string of the molecule is O=C(C1CCCOC1)N(CC12CCC(c3nc(C4CC4)no3)(CC1)CC2)c1cccc(-c2nnc(C3CC3)o2)c1. The van der Waals surface area contributed by atoms with Crippen LogP contribution in [0, 0.1) is 11.3 Å². The fourth-order valence-corrected chi connectivity index (χ4v) is 7.22. The predicted octanol–water partition coefficient (Wildman–Crippen LogP) is 5.93. The first kappa shape index (κ1) is 24.7. The van der Waals surface area contributed by atoms with Crippen molar-refractivity contribution in [3.05, 3.63) is 41.9 Å². The first-order chi connectivity index (χ1) is 19.6. The summed E-state index contributed by atoms with van der Waals surface area (Å²) in [5, 5.41) is 12.9. The van der Waals surface area contributed by atoms with Crippen LogP contribution in [0.2, 0.25) is 0 Å². The lowest BCUT2D eigenvalue weighted by molar-refractivity contribution is -0.127. The number of hydrogen-bond acceptors (Lipinski definition) is 8. The number of fused-ring (bicyclic) bond motifs is 3. The molecule has 5 aliphatic carbocycles. The van der Waals surface area contributed by atoms with Crippen molar-refractivity contribution in [2.45, 2.75) is 94.3 Å². The Morgan fingerprint density at radius 1 is 0.975 bits per heavy atom. The number of ether oxygens (including phenoxy) is 1. The molecule has 0 spiro atoms. The average molecular weight is 544 g/mol. The van der Waals surface area contributed by atoms with Gasteiger partial charge < -0.3 is 18.6 Å². The molecule has 2 bridgehead atoms. The van der Waals surface area contributed by atoms with Crippen molar-refractivity contribution in [1.29, 1.82) is 0 Å². The molecule has 1 aromatic carbocycles. The summed E-state index contributed by atoms with van der Waals surface area (Å²) in [6.45, 7) is 1.96. The van der Waals surface area contributed by atoms with Gasteiger partial charge in [0.05, 0.1) is 12.5 Å². The Morgan fingerprint density at radius 2 is 1.77 bits per heavy atom. The van der Waals surface area contributed by atoms with Gasteiger partial charge in [-0.25, -0.2) is 0 Å². The summed E-state index contributed by atoms with van der Waals surface area (Å²) in [6, 6.07) is 8.10. The second kappa shape index (κ2) is 9.50. The molecule has 9 heteroatoms. The lowest BCUT2D eigenvalue weighted by Crippen LogP contribution is -2.52. The van der Waals surface area contributed by atoms with Crippen molar-refractivity contribution in [2.24, 2.45) is 11.3 Å². The fourth-order valence-electron chi connectivity index (χ4n) is 7.22. The molecule has 1 aliphatic heterocycles. The quantitative estimate of drug-likeness (QED) is 0.344. The molecule has 210 valence electrons. The Morgan fingerprint density at radius 3 is 2.50 bits per heavy atom. The van der Waals surface area contributed by atoms with Crippen LogP contribution < -0.4 is 4.90 Å². The number of anilines is 1. The van der Waals surface area contributed by atoms with Gasteiger partial charge in [-0.1, -0.05) is 11.2 Å². The Labute approximate surface area is 234 Å². The predicted molar refractivity (Wildman–Crippen MR) is 146 cm³/mol. The maximum absolute atomic E-state index is 14.1. The van der Waals surface area contributed by atoms with Gasteiger partial charge in [0.1, 0.15) is 0 Å². The highest BCUT2D eigenvalue weighted by molar-refractivity contribution is 5.95. The van der Waals surface area contributed by atoms with Gasteiger partial charge in [0.2, 0.25) is 23.6 Å². The van der Waals surface area contributed by atoms with Crippen LogP contribution in [0.3, 0.4) is 0 Å². The molecule has 1 atom stereocenters. The van der Waals surface area contributed by atoms with Crippen LogP contribution in [0.4, 0.5) is 5.69 Å². The van der Waals surface area contributed by atoms with E-state index < -0.39 is 0 Å². The van der Waals surface area contributed by atoms with E-state index in [1.165, 1.54) is 12.8 Å². The van der Waals surface area contributed by atoms with Crippen molar-refractivity contribution in [3.63, 3.8) is 0 Å². The maximum atomic E-state index is 14.1. The minimum atomic E-state index is -0.107. The minimum absolute atomic E-state index is 0.00504. The zero-order valence-electron chi connectivity index (χ0n) is 23.0. The van der Waals surface area contributed by atoms with Gasteiger partial charge in [0.15, 0.2) is 5.82 Å². The molecule has 3 heterocycles. The normalized spacial score (nSPS) is 29.9. The number of benzene rings is 1. The molecule has 1 saturated heterocycles. The van der Waals surface area contributed by atoms with Gasteiger partial charge >= 0.3 is 0 Å². The molecule has 2 aromatic heterocycles. The van der Waals surface area contributed by atoms with Gasteiger partial charge in [0, 0.05) is 41.7 Å². The van der Waals surface area contributed by atoms with E-state index in [1.54, 1.807) is 0 Å². The molecule has 5 saturated carbocycles. The van der Waals surface area contributed by atoms with Gasteiger partial charge in [-0.3, -0.25) is 4.79 Å². The Hall–Kier alpha value is -3.07. The lowest BCUT2D eigenvalue weighted by atomic mass is 9.53. The van der Waals surface area contributed by atoms with Gasteiger partial charge in [-0.05, 0) is 101 Å². The van der Waals surface area contributed by atoms with E-state index in [-0.39, 0.29) is 22.7 Å². The second-order valence-electron chi connectivity index (χ2n) is 13.1. The lowest BCUT2D eigenvalue weighted by Gasteiger charge is -2.53. The third kappa shape index (κ3) is 4.46. The average Bonchev–Trinajstić information content (AvgIpc) is 3.95. The van der Waals surface area contributed by atoms with Crippen LogP contribution in [0.25, 0.3) is 11.5 Å². The van der Waals surface area contributed by atoms with Gasteiger partial charge in [-0.2, -0.15) is 4.98 Å². The van der Waals surface area contributed by atoms with E-state index in [0.29, 0.717) is 24.3 Å². The molecule has 6 fully saturated rings. The Balaban J connectivity index is 1.06. The molecule has 1 amide bonds. The van der Waals surface area contributed by atoms with Crippen LogP contribution in [-0.4, -0.2) is 46.0 Å². The van der Waals surface area contributed by atoms with E-state index in [9.17, 15) is 4.79 Å². The highest BCUT2D eigenvalue weighted by atomic mass is 16.5. The van der Waals surface area contributed by atoms with E-state index in [1.807, 2.05) is 18.2 Å². The van der Waals surface area contributed by atoms with Gasteiger partial charge in [-0.15, -0.1) is 10.2 Å². The maximum Gasteiger partial charge on any atom is 0.247 e. The standard InChI is InChI=1S/C31H37N5O4/c37-28(23-4-2-16-38-18-23)36(24-5-1-3-22(17-24)27-34-33-26(39-27)21-8-9-21)19-30-10-13-31(14-11-30,15-12-30)29-32-25(35-40-29)20-6-7-20/h1,3,5,17,20-21,23H,2,4,6-16,18-19H2. The Bertz CT molecular complexity index is 1380. The molecule has 0 radical (unpaired) electrons. The van der Waals surface area contributed by atoms with Crippen LogP contribution in [0.5, 0.6) is 0 Å². The zero-order valence-corrected chi connectivity index (χ0v) is 23.0. The molecular weight excluding hydrogens is 506 g/mol. The number of carbonyl (C=O) groups excluding carboxylic acids is 1. The summed E-state index contributed by atoms with van der Waals surface area (Å²) in [5.41, 5.74) is 1.86. The number of nitrogens with zero attached hydrogens (tertiary/aromatic N) is 5. The topological polar surface area (TPSA) is 107 Å². The van der Waals surface area contributed by atoms with Crippen LogP contribution in [0.15, 0.2) is 33.2 Å². The van der Waals surface area contributed by atoms with Crippen LogP contribution >= 0.6 is 0 Å². The van der Waals surface area contributed by atoms with E-state index in [2.05, 4.69) is 26.3 Å². The second-order valence-corrected chi connectivity index (χ2v) is 13.1. The number of hydrogen-bond donors (Lipinski definition) is 0. The van der Waals surface area contributed by atoms with E-state index in [4.69, 9.17) is 18.7 Å². The first-order valence-electron chi connectivity index (χ1n) is 15.3. The summed E-state index contributed by atoms with van der Waals surface area (Å²) in [5.74, 6) is 3.99. The smallest absolute Gasteiger partial charge is 0.247 e. The first-order valence-corrected chi connectivity index (χ1v) is 15.3. The van der Waals surface area contributed by atoms with Gasteiger partial charge in [0.25, 0.3) is 0 Å². The molecule has 6 aliphatic rings. The van der Waals surface area contributed by atoms with Crippen molar-refractivity contribution >= 4 is 11.6 Å². The molecule has 1 unspecified atom stereocenters. The Kier molecular flexibility index (Phi) is 5.87. The third-order valence-corrected chi connectivity index (χ3v) is 10.3. The van der Waals surface area contributed by atoms with E-state index >= 15 is 0 Å². The molecule has 3 aromatic rings. The monoisotopic (exact) mass is 543 g/mol. The summed E-state index contributed by atoms with van der Waals surface area (Å²) in [4.78, 5) is 21.0. The molecule has 9 nitrogen and oxygen atoms in total. The van der Waals surface area contributed by atoms with Crippen molar-refractivity contribution in [1.82, 2.24) is 20.3 Å². The zero-order chi connectivity index (χ0) is 26.7. The summed E-state index contributed by atoms with van der Waals surface area (Å²) in [6.07, 6.45) is 12.7. The third-order valence-electron chi connectivity index (χ3n) is 10.3. The summed E-state index contributed by atoms with van der Waals surface area (Å²) in [7, 11) is 0. The largest absolute Gasteiger partial charge is 0.420 e. The minimum Gasteiger partial charge on any atom is -0.420 e. The van der Waals surface area contributed by atoms with E-state index in [0.717, 1.165) is 106 Å². The molecule has 9 rings (SSSR count). The highest BCUT2D eigenvalue weighted by Crippen LogP contribution is 2.58. The summed E-state index contributed by atoms with van der Waals surface area (Å²) < 4.78 is 17.6. The van der Waals surface area contributed by atoms with Crippen molar-refractivity contribution in [2.75, 3.05) is 24.7 Å². The highest BCUT2D eigenvalue weighted by Gasteiger charge is 2.53. The number of amides is 1. The number of carbonyl (C=O) groups is 1. The fraction of sp³-hybridized carbons (Fsp3) is 0.645. The summed E-state index contributed by atoms with van der Waals surface area (Å²) >= 11 is 0. The van der Waals surface area contributed by atoms with Crippen molar-refractivity contribution in [3.8, 4) is 11.5 Å². The van der Waals surface area contributed by atoms with Crippen LogP contribution in [0.1, 0.15) is 106 Å². The van der Waals surface area contributed by atoms with Crippen LogP contribution in [-0.2, 0) is 14.9 Å². The molecule has 0 N–H and O–H groups in total. The molecular formula is C31H37N5O4. The number of rotatable bonds is 8. The molecule has 40 heavy (non-hydrogen) atoms.